The van der Waals surface area contributed by atoms with Crippen LogP contribution in [0.1, 0.15) is 77.6 Å². The van der Waals surface area contributed by atoms with Gasteiger partial charge in [-0.25, -0.2) is 9.59 Å². The number of carbonyl (C=O) groups is 8. The van der Waals surface area contributed by atoms with E-state index in [0.717, 1.165) is 6.92 Å². The van der Waals surface area contributed by atoms with E-state index in [2.05, 4.69) is 26.6 Å². The number of halogens is 1. The second-order valence-electron chi connectivity index (χ2n) is 10.9. The Hall–Kier alpha value is -3.47. The van der Waals surface area contributed by atoms with Crippen molar-refractivity contribution in [3.63, 3.8) is 0 Å². The zero-order valence-corrected chi connectivity index (χ0v) is 28.8. The highest BCUT2D eigenvalue weighted by molar-refractivity contribution is 14.1. The maximum absolute atomic E-state index is 12.4. The molecule has 5 amide bonds. The van der Waals surface area contributed by atoms with E-state index in [0.29, 0.717) is 25.8 Å². The molecule has 0 fully saturated rings. The van der Waals surface area contributed by atoms with Gasteiger partial charge in [-0.05, 0) is 44.9 Å². The normalized spacial score (nSPS) is 13.9. The molecule has 0 unspecified atom stereocenters. The molecular formula is C28H47IN6O13. The fourth-order valence-corrected chi connectivity index (χ4v) is 4.68. The van der Waals surface area contributed by atoms with Crippen molar-refractivity contribution in [2.45, 2.75) is 108 Å². The van der Waals surface area contributed by atoms with Gasteiger partial charge in [-0.3, -0.25) is 28.8 Å². The minimum absolute atomic E-state index is 0.0123. The Balaban J connectivity index is 4.57. The van der Waals surface area contributed by atoms with E-state index in [1.54, 1.807) is 22.6 Å². The van der Waals surface area contributed by atoms with Crippen LogP contribution in [-0.2, 0) is 38.4 Å². The number of hydroxylamine groups is 1. The summed E-state index contributed by atoms with van der Waals surface area (Å²) in [4.78, 5) is 94.2. The molecule has 0 heterocycles. The van der Waals surface area contributed by atoms with Crippen LogP contribution in [0, 0.1) is 0 Å². The number of unbranched alkanes of at least 4 members (excludes halogenated alkanes) is 1. The summed E-state index contributed by atoms with van der Waals surface area (Å²) in [5.74, 6) is -5.61. The first-order valence-corrected chi connectivity index (χ1v) is 16.4. The number of aliphatic carboxylic acids is 2. The summed E-state index contributed by atoms with van der Waals surface area (Å²) in [5, 5.41) is 58.8. The standard InChI is InChI=1S/C28H47IN6O13/c1-16(38)31-20(27(44)45)7-11-23(40)33-18(15-37)6-10-25(42)34-21(28(46)47)8-12-24(41)32-17(14-36)5-9-22(39)30-13-3-2-4-19(35-48)26(29)43/h17-21,35-37,48H,2-15H2,1H3,(H,30,39)(H,31,38)(H,32,41)(H,33,40)(H,34,42)(H,44,45)(H,46,47)/t17-,18-,19-,20-,21-/m0/s1. The summed E-state index contributed by atoms with van der Waals surface area (Å²) in [6.07, 6.45) is 0.129. The number of amides is 5. The van der Waals surface area contributed by atoms with Gasteiger partial charge in [0.25, 0.3) is 0 Å². The summed E-state index contributed by atoms with van der Waals surface area (Å²) in [6.45, 7) is 0.422. The molecule has 0 aromatic carbocycles. The smallest absolute Gasteiger partial charge is 0.326 e. The van der Waals surface area contributed by atoms with Crippen molar-refractivity contribution in [3.8, 4) is 0 Å². The minimum Gasteiger partial charge on any atom is -0.480 e. The highest BCUT2D eigenvalue weighted by atomic mass is 127. The van der Waals surface area contributed by atoms with Crippen LogP contribution in [-0.4, -0.2) is 121 Å². The van der Waals surface area contributed by atoms with Crippen molar-refractivity contribution < 1.29 is 64.0 Å². The molecule has 0 aliphatic heterocycles. The molecule has 0 saturated heterocycles. The molecule has 0 saturated carbocycles. The van der Waals surface area contributed by atoms with E-state index in [9.17, 15) is 53.7 Å². The van der Waals surface area contributed by atoms with Crippen LogP contribution in [0.5, 0.6) is 0 Å². The third kappa shape index (κ3) is 21.4. The Bertz CT molecular complexity index is 1100. The quantitative estimate of drug-likeness (QED) is 0.0182. The van der Waals surface area contributed by atoms with Gasteiger partial charge in [0.15, 0.2) is 0 Å². The third-order valence-electron chi connectivity index (χ3n) is 6.91. The number of carboxylic acid groups (broad SMARTS) is 2. The van der Waals surface area contributed by atoms with Crippen LogP contribution < -0.4 is 32.1 Å². The van der Waals surface area contributed by atoms with Gasteiger partial charge in [0.1, 0.15) is 18.1 Å². The maximum Gasteiger partial charge on any atom is 0.326 e. The van der Waals surface area contributed by atoms with E-state index in [1.165, 1.54) is 0 Å². The number of aliphatic hydroxyl groups excluding tert-OH is 2. The third-order valence-corrected chi connectivity index (χ3v) is 7.66. The lowest BCUT2D eigenvalue weighted by atomic mass is 10.1. The van der Waals surface area contributed by atoms with Crippen molar-refractivity contribution in [1.29, 1.82) is 0 Å². The largest absolute Gasteiger partial charge is 0.480 e. The number of rotatable bonds is 27. The van der Waals surface area contributed by atoms with Crippen LogP contribution in [0.15, 0.2) is 0 Å². The molecule has 0 spiro atoms. The fourth-order valence-electron chi connectivity index (χ4n) is 4.22. The SMILES string of the molecule is CC(=O)N[C@@H](CCC(=O)N[C@H](CO)CCC(=O)N[C@@H](CCC(=O)N[C@H](CO)CCC(=O)NCCCC[C@H](NO)C(=O)I)C(=O)O)C(=O)O. The Kier molecular flexibility index (Phi) is 23.7. The highest BCUT2D eigenvalue weighted by Gasteiger charge is 2.24. The number of carboxylic acids is 2. The van der Waals surface area contributed by atoms with Gasteiger partial charge in [-0.15, -0.1) is 0 Å². The fraction of sp³-hybridized carbons (Fsp3) is 0.714. The molecule has 0 aliphatic rings. The monoisotopic (exact) mass is 802 g/mol. The molecule has 0 aliphatic carbocycles. The van der Waals surface area contributed by atoms with E-state index >= 15 is 0 Å². The Morgan fingerprint density at radius 3 is 1.44 bits per heavy atom. The number of hydrogen-bond donors (Lipinski definition) is 11. The minimum atomic E-state index is -1.44. The van der Waals surface area contributed by atoms with Crippen LogP contribution in [0.3, 0.4) is 0 Å². The summed E-state index contributed by atoms with van der Waals surface area (Å²) < 4.78 is -0.235. The molecule has 19 nitrogen and oxygen atoms in total. The number of carbonyl (C=O) groups excluding carboxylic acids is 6. The number of nitrogens with one attached hydrogen (secondary N) is 6. The molecule has 20 heteroatoms. The molecule has 0 bridgehead atoms. The van der Waals surface area contributed by atoms with Gasteiger partial charge in [-0.2, -0.15) is 5.48 Å². The van der Waals surface area contributed by atoms with Crippen molar-refractivity contribution in [2.24, 2.45) is 0 Å². The van der Waals surface area contributed by atoms with E-state index in [4.69, 9.17) is 10.3 Å². The van der Waals surface area contributed by atoms with E-state index in [1.807, 2.05) is 5.48 Å². The summed E-state index contributed by atoms with van der Waals surface area (Å²) in [6, 6.07) is -5.08. The van der Waals surface area contributed by atoms with Crippen LogP contribution in [0.25, 0.3) is 0 Å². The Labute approximate surface area is 290 Å². The molecule has 0 rings (SSSR count). The molecular weight excluding hydrogens is 755 g/mol. The van der Waals surface area contributed by atoms with Gasteiger partial charge in [-0.1, -0.05) is 0 Å². The van der Waals surface area contributed by atoms with Crippen LogP contribution in [0.2, 0.25) is 0 Å². The zero-order valence-electron chi connectivity index (χ0n) is 26.7. The van der Waals surface area contributed by atoms with Crippen molar-refractivity contribution in [1.82, 2.24) is 32.1 Å². The zero-order chi connectivity index (χ0) is 36.6. The van der Waals surface area contributed by atoms with E-state index < -0.39 is 79.0 Å². The Morgan fingerprint density at radius 2 is 1.02 bits per heavy atom. The van der Waals surface area contributed by atoms with Gasteiger partial charge in [0.05, 0.1) is 25.3 Å². The molecule has 274 valence electrons. The Morgan fingerprint density at radius 1 is 0.583 bits per heavy atom. The van der Waals surface area contributed by atoms with Crippen molar-refractivity contribution in [3.05, 3.63) is 0 Å². The second-order valence-corrected chi connectivity index (χ2v) is 12.0. The van der Waals surface area contributed by atoms with Crippen LogP contribution in [0.4, 0.5) is 0 Å². The average molecular weight is 803 g/mol. The molecule has 11 N–H and O–H groups in total. The predicted molar refractivity (Wildman–Crippen MR) is 174 cm³/mol. The van der Waals surface area contributed by atoms with E-state index in [-0.39, 0.29) is 61.1 Å². The lowest BCUT2D eigenvalue weighted by molar-refractivity contribution is -0.142. The maximum atomic E-state index is 12.4. The van der Waals surface area contributed by atoms with Gasteiger partial charge < -0.3 is 52.2 Å². The molecule has 0 aromatic heterocycles. The second kappa shape index (κ2) is 25.5. The first-order valence-electron chi connectivity index (χ1n) is 15.3. The number of hydrogen-bond acceptors (Lipinski definition) is 12. The first kappa shape index (κ1) is 44.5. The molecule has 0 aromatic rings. The predicted octanol–water partition coefficient (Wildman–Crippen LogP) is -2.18. The summed E-state index contributed by atoms with van der Waals surface area (Å²) in [7, 11) is 0. The molecule has 0 radical (unpaired) electrons. The first-order chi connectivity index (χ1) is 22.6. The van der Waals surface area contributed by atoms with Crippen LogP contribution >= 0.6 is 22.6 Å². The average Bonchev–Trinajstić information content (AvgIpc) is 3.02. The van der Waals surface area contributed by atoms with Gasteiger partial charge in [0, 0.05) is 61.7 Å². The van der Waals surface area contributed by atoms with Crippen molar-refractivity contribution in [2.75, 3.05) is 19.8 Å². The van der Waals surface area contributed by atoms with Gasteiger partial charge >= 0.3 is 11.9 Å². The molecule has 5 atom stereocenters. The summed E-state index contributed by atoms with van der Waals surface area (Å²) >= 11 is 1.57. The lowest BCUT2D eigenvalue weighted by Gasteiger charge is -2.19. The van der Waals surface area contributed by atoms with Crippen molar-refractivity contribution >= 4 is 67.9 Å². The van der Waals surface area contributed by atoms with Gasteiger partial charge in [0.2, 0.25) is 33.3 Å². The summed E-state index contributed by atoms with van der Waals surface area (Å²) in [5.41, 5.74) is 1.92. The highest BCUT2D eigenvalue weighted by Crippen LogP contribution is 2.07. The number of aliphatic hydroxyl groups is 2. The topological polar surface area (TPSA) is 310 Å². The lowest BCUT2D eigenvalue weighted by Crippen LogP contribution is -2.44. The molecule has 48 heavy (non-hydrogen) atoms.